The normalized spacial score (nSPS) is 16.2. The minimum Gasteiger partial charge on any atom is -0.266 e. The van der Waals surface area contributed by atoms with Gasteiger partial charge in [0, 0.05) is 9.90 Å². The number of carbonyl (C=O) groups is 1. The Morgan fingerprint density at radius 3 is 3.00 bits per heavy atom. The van der Waals surface area contributed by atoms with Crippen LogP contribution in [0.3, 0.4) is 0 Å². The van der Waals surface area contributed by atoms with Crippen LogP contribution in [0.2, 0.25) is 10.2 Å². The smallest absolute Gasteiger partial charge is 0.266 e. The SMILES string of the molecule is Cc1nn(-c2cccc(Cl)c2)c(Cl)c1/C=N\NC(=O)c1cc2c(s1)CC[C@H](C)C2. The van der Waals surface area contributed by atoms with Gasteiger partial charge in [-0.3, -0.25) is 4.79 Å². The van der Waals surface area contributed by atoms with Crippen molar-refractivity contribution in [2.75, 3.05) is 0 Å². The van der Waals surface area contributed by atoms with Crippen molar-refractivity contribution in [2.45, 2.75) is 33.1 Å². The predicted octanol–water partition coefficient (Wildman–Crippen LogP) is 5.44. The topological polar surface area (TPSA) is 59.3 Å². The average Bonchev–Trinajstić information content (AvgIpc) is 3.23. The summed E-state index contributed by atoms with van der Waals surface area (Å²) in [7, 11) is 0. The zero-order chi connectivity index (χ0) is 20.5. The monoisotopic (exact) mass is 446 g/mol. The number of rotatable bonds is 4. The standard InChI is InChI=1S/C21H20Cl2N4OS/c1-12-6-7-18-14(8-12)9-19(29-18)21(28)25-24-11-17-13(2)26-27(20(17)23)16-5-3-4-15(22)10-16/h3-5,9-12H,6-8H2,1-2H3,(H,25,28)/b24-11-/t12-/m0/s1. The summed E-state index contributed by atoms with van der Waals surface area (Å²) in [6.45, 7) is 4.09. The maximum atomic E-state index is 12.5. The summed E-state index contributed by atoms with van der Waals surface area (Å²) < 4.78 is 1.60. The molecule has 0 aliphatic heterocycles. The summed E-state index contributed by atoms with van der Waals surface area (Å²) in [5.41, 5.74) is 6.00. The molecule has 0 saturated heterocycles. The zero-order valence-electron chi connectivity index (χ0n) is 16.1. The second kappa shape index (κ2) is 8.30. The van der Waals surface area contributed by atoms with Crippen LogP contribution in [-0.4, -0.2) is 21.9 Å². The number of carbonyl (C=O) groups excluding carboxylic acids is 1. The van der Waals surface area contributed by atoms with Crippen LogP contribution in [0.15, 0.2) is 35.4 Å². The van der Waals surface area contributed by atoms with Crippen LogP contribution in [-0.2, 0) is 12.8 Å². The molecule has 1 amide bonds. The molecule has 0 bridgehead atoms. The van der Waals surface area contributed by atoms with E-state index < -0.39 is 0 Å². The Bertz CT molecular complexity index is 1100. The average molecular weight is 447 g/mol. The van der Waals surface area contributed by atoms with Gasteiger partial charge in [0.05, 0.1) is 28.0 Å². The second-order valence-corrected chi connectivity index (χ2v) is 9.22. The summed E-state index contributed by atoms with van der Waals surface area (Å²) in [4.78, 5) is 14.5. The molecule has 2 aromatic heterocycles. The minimum absolute atomic E-state index is 0.204. The van der Waals surface area contributed by atoms with E-state index in [1.807, 2.05) is 25.1 Å². The van der Waals surface area contributed by atoms with Crippen molar-refractivity contribution in [1.82, 2.24) is 15.2 Å². The van der Waals surface area contributed by atoms with Crippen molar-refractivity contribution in [3.05, 3.63) is 67.1 Å². The second-order valence-electron chi connectivity index (χ2n) is 7.29. The van der Waals surface area contributed by atoms with Gasteiger partial charge < -0.3 is 0 Å². The van der Waals surface area contributed by atoms with Crippen LogP contribution < -0.4 is 5.43 Å². The first-order valence-corrected chi connectivity index (χ1v) is 11.0. The maximum Gasteiger partial charge on any atom is 0.281 e. The molecule has 0 fully saturated rings. The number of hydrogen-bond donors (Lipinski definition) is 1. The van der Waals surface area contributed by atoms with Crippen LogP contribution in [0.5, 0.6) is 0 Å². The Hall–Kier alpha value is -2.15. The molecule has 1 atom stereocenters. The number of hydrazone groups is 1. The van der Waals surface area contributed by atoms with E-state index in [2.05, 4.69) is 22.5 Å². The summed E-state index contributed by atoms with van der Waals surface area (Å²) >= 11 is 14.1. The van der Waals surface area contributed by atoms with Gasteiger partial charge in [-0.1, -0.05) is 36.2 Å². The first-order chi connectivity index (χ1) is 13.9. The third kappa shape index (κ3) is 4.25. The molecular formula is C21H20Cl2N4OS. The van der Waals surface area contributed by atoms with Crippen LogP contribution in [0.25, 0.3) is 5.69 Å². The van der Waals surface area contributed by atoms with Gasteiger partial charge in [0.25, 0.3) is 5.91 Å². The number of amides is 1. The van der Waals surface area contributed by atoms with E-state index >= 15 is 0 Å². The Labute approximate surface area is 183 Å². The molecule has 150 valence electrons. The van der Waals surface area contributed by atoms with Gasteiger partial charge in [-0.05, 0) is 61.9 Å². The lowest BCUT2D eigenvalue weighted by Gasteiger charge is -2.16. The Morgan fingerprint density at radius 2 is 2.21 bits per heavy atom. The van der Waals surface area contributed by atoms with Gasteiger partial charge in [0.1, 0.15) is 5.15 Å². The summed E-state index contributed by atoms with van der Waals surface area (Å²) in [6.07, 6.45) is 4.80. The first-order valence-electron chi connectivity index (χ1n) is 9.38. The van der Waals surface area contributed by atoms with Gasteiger partial charge in [0.15, 0.2) is 0 Å². The van der Waals surface area contributed by atoms with E-state index in [1.54, 1.807) is 28.2 Å². The molecule has 4 rings (SSSR count). The third-order valence-electron chi connectivity index (χ3n) is 5.01. The van der Waals surface area contributed by atoms with Gasteiger partial charge in [-0.25, -0.2) is 10.1 Å². The van der Waals surface area contributed by atoms with E-state index in [-0.39, 0.29) is 5.91 Å². The van der Waals surface area contributed by atoms with Crippen LogP contribution in [0.4, 0.5) is 0 Å². The Kier molecular flexibility index (Phi) is 5.76. The number of nitrogens with one attached hydrogen (secondary N) is 1. The molecule has 1 aliphatic rings. The molecule has 29 heavy (non-hydrogen) atoms. The number of benzene rings is 1. The van der Waals surface area contributed by atoms with Crippen molar-refractivity contribution in [3.63, 3.8) is 0 Å². The van der Waals surface area contributed by atoms with E-state index in [9.17, 15) is 4.79 Å². The fourth-order valence-corrected chi connectivity index (χ4v) is 5.07. The molecule has 0 spiro atoms. The van der Waals surface area contributed by atoms with Crippen molar-refractivity contribution < 1.29 is 4.79 Å². The lowest BCUT2D eigenvalue weighted by Crippen LogP contribution is -2.16. The summed E-state index contributed by atoms with van der Waals surface area (Å²) in [5, 5.41) is 9.56. The molecule has 1 aromatic carbocycles. The number of fused-ring (bicyclic) bond motifs is 1. The van der Waals surface area contributed by atoms with E-state index in [4.69, 9.17) is 23.2 Å². The van der Waals surface area contributed by atoms with Gasteiger partial charge in [-0.15, -0.1) is 11.3 Å². The Morgan fingerprint density at radius 1 is 1.38 bits per heavy atom. The predicted molar refractivity (Wildman–Crippen MR) is 119 cm³/mol. The van der Waals surface area contributed by atoms with E-state index in [0.717, 1.165) is 18.5 Å². The zero-order valence-corrected chi connectivity index (χ0v) is 18.4. The highest BCUT2D eigenvalue weighted by atomic mass is 35.5. The van der Waals surface area contributed by atoms with Crippen molar-refractivity contribution >= 4 is 46.7 Å². The molecule has 5 nitrogen and oxygen atoms in total. The van der Waals surface area contributed by atoms with Crippen LogP contribution in [0.1, 0.15) is 44.7 Å². The van der Waals surface area contributed by atoms with Crippen LogP contribution in [0, 0.1) is 12.8 Å². The third-order valence-corrected chi connectivity index (χ3v) is 6.85. The van der Waals surface area contributed by atoms with E-state index in [0.29, 0.717) is 32.2 Å². The minimum atomic E-state index is -0.204. The number of aromatic nitrogens is 2. The summed E-state index contributed by atoms with van der Waals surface area (Å²) in [6, 6.07) is 9.26. The number of aryl methyl sites for hydroxylation is 2. The van der Waals surface area contributed by atoms with Gasteiger partial charge >= 0.3 is 0 Å². The van der Waals surface area contributed by atoms with Crippen LogP contribution >= 0.6 is 34.5 Å². The maximum absolute atomic E-state index is 12.5. The molecule has 0 saturated carbocycles. The fraction of sp³-hybridized carbons (Fsp3) is 0.286. The number of halogens is 2. The molecule has 1 aliphatic carbocycles. The largest absolute Gasteiger partial charge is 0.281 e. The molecule has 0 radical (unpaired) electrons. The lowest BCUT2D eigenvalue weighted by atomic mass is 9.90. The summed E-state index contributed by atoms with van der Waals surface area (Å²) in [5.74, 6) is 0.469. The first kappa shape index (κ1) is 20.1. The molecule has 8 heteroatoms. The van der Waals surface area contributed by atoms with Crippen molar-refractivity contribution in [2.24, 2.45) is 11.0 Å². The van der Waals surface area contributed by atoms with E-state index in [1.165, 1.54) is 23.1 Å². The van der Waals surface area contributed by atoms with Crippen molar-refractivity contribution in [3.8, 4) is 5.69 Å². The number of thiophene rings is 1. The van der Waals surface area contributed by atoms with Crippen molar-refractivity contribution in [1.29, 1.82) is 0 Å². The molecule has 3 aromatic rings. The van der Waals surface area contributed by atoms with Gasteiger partial charge in [-0.2, -0.15) is 10.2 Å². The molecular weight excluding hydrogens is 427 g/mol. The molecule has 1 N–H and O–H groups in total. The highest BCUT2D eigenvalue weighted by Crippen LogP contribution is 2.32. The quantitative estimate of drug-likeness (QED) is 0.428. The fourth-order valence-electron chi connectivity index (χ4n) is 3.47. The number of nitrogens with zero attached hydrogens (tertiary/aromatic N) is 3. The highest BCUT2D eigenvalue weighted by molar-refractivity contribution is 7.14. The lowest BCUT2D eigenvalue weighted by molar-refractivity contribution is 0.0959. The molecule has 0 unspecified atom stereocenters. The Balaban J connectivity index is 1.49. The highest BCUT2D eigenvalue weighted by Gasteiger charge is 2.20. The van der Waals surface area contributed by atoms with Gasteiger partial charge in [0.2, 0.25) is 0 Å². The molecule has 2 heterocycles. The number of hydrogen-bond acceptors (Lipinski definition) is 4.